The van der Waals surface area contributed by atoms with E-state index in [1.54, 1.807) is 7.11 Å². The Kier molecular flexibility index (Phi) is 8.15. The number of carbonyl (C=O) groups is 1. The lowest BCUT2D eigenvalue weighted by atomic mass is 10.2. The molecule has 0 fully saturated rings. The Hall–Kier alpha value is -0.650. The fourth-order valence-corrected chi connectivity index (χ4v) is 1.39. The molecule has 5 heteroatoms. The SMILES string of the molecule is COCCCNC(=O)C(C)N(C)CC(C)N. The summed E-state index contributed by atoms with van der Waals surface area (Å²) in [5.41, 5.74) is 5.68. The van der Waals surface area contributed by atoms with Crippen LogP contribution in [0.15, 0.2) is 0 Å². The van der Waals surface area contributed by atoms with Crippen molar-refractivity contribution in [3.63, 3.8) is 0 Å². The Morgan fingerprint density at radius 1 is 1.50 bits per heavy atom. The van der Waals surface area contributed by atoms with Crippen LogP contribution in [-0.2, 0) is 9.53 Å². The highest BCUT2D eigenvalue weighted by Gasteiger charge is 2.17. The van der Waals surface area contributed by atoms with Gasteiger partial charge in [-0.05, 0) is 27.3 Å². The number of carbonyl (C=O) groups excluding carboxylic acids is 1. The highest BCUT2D eigenvalue weighted by molar-refractivity contribution is 5.81. The summed E-state index contributed by atoms with van der Waals surface area (Å²) >= 11 is 0. The molecule has 0 aromatic rings. The third kappa shape index (κ3) is 6.76. The average Bonchev–Trinajstić information content (AvgIpc) is 2.22. The first-order chi connectivity index (χ1) is 7.49. The smallest absolute Gasteiger partial charge is 0.237 e. The second kappa shape index (κ2) is 8.50. The van der Waals surface area contributed by atoms with Crippen molar-refractivity contribution in [1.82, 2.24) is 10.2 Å². The summed E-state index contributed by atoms with van der Waals surface area (Å²) < 4.78 is 4.91. The minimum atomic E-state index is -0.145. The Morgan fingerprint density at radius 3 is 2.62 bits per heavy atom. The van der Waals surface area contributed by atoms with E-state index in [4.69, 9.17) is 10.5 Å². The number of methoxy groups -OCH3 is 1. The molecule has 0 aliphatic carbocycles. The summed E-state index contributed by atoms with van der Waals surface area (Å²) in [6.07, 6.45) is 0.839. The van der Waals surface area contributed by atoms with E-state index in [9.17, 15) is 4.79 Å². The third-order valence-corrected chi connectivity index (χ3v) is 2.44. The highest BCUT2D eigenvalue weighted by Crippen LogP contribution is 1.96. The van der Waals surface area contributed by atoms with Crippen LogP contribution in [0.4, 0.5) is 0 Å². The van der Waals surface area contributed by atoms with Gasteiger partial charge in [0, 0.05) is 32.8 Å². The summed E-state index contributed by atoms with van der Waals surface area (Å²) in [6.45, 7) is 5.85. The lowest BCUT2D eigenvalue weighted by Crippen LogP contribution is -2.47. The molecule has 0 radical (unpaired) electrons. The summed E-state index contributed by atoms with van der Waals surface area (Å²) in [7, 11) is 3.56. The number of hydrogen-bond acceptors (Lipinski definition) is 4. The molecule has 1 amide bonds. The Labute approximate surface area is 98.3 Å². The molecule has 0 heterocycles. The molecule has 0 saturated carbocycles. The van der Waals surface area contributed by atoms with E-state index >= 15 is 0 Å². The normalized spacial score (nSPS) is 14.9. The van der Waals surface area contributed by atoms with Crippen LogP contribution in [0.3, 0.4) is 0 Å². The maximum atomic E-state index is 11.7. The van der Waals surface area contributed by atoms with Crippen LogP contribution in [0.5, 0.6) is 0 Å². The summed E-state index contributed by atoms with van der Waals surface area (Å²) in [5.74, 6) is 0.0410. The van der Waals surface area contributed by atoms with Crippen LogP contribution in [0.25, 0.3) is 0 Å². The summed E-state index contributed by atoms with van der Waals surface area (Å²) in [6, 6.07) is -0.0673. The van der Waals surface area contributed by atoms with Gasteiger partial charge < -0.3 is 15.8 Å². The molecule has 5 nitrogen and oxygen atoms in total. The van der Waals surface area contributed by atoms with Gasteiger partial charge in [-0.3, -0.25) is 9.69 Å². The predicted octanol–water partition coefficient (Wildman–Crippen LogP) is -0.193. The predicted molar refractivity (Wildman–Crippen MR) is 65.2 cm³/mol. The number of hydrogen-bond donors (Lipinski definition) is 2. The van der Waals surface area contributed by atoms with Gasteiger partial charge in [0.1, 0.15) is 0 Å². The maximum absolute atomic E-state index is 11.7. The Morgan fingerprint density at radius 2 is 2.12 bits per heavy atom. The van der Waals surface area contributed by atoms with Gasteiger partial charge in [0.15, 0.2) is 0 Å². The average molecular weight is 231 g/mol. The molecule has 2 atom stereocenters. The van der Waals surface area contributed by atoms with Crippen molar-refractivity contribution >= 4 is 5.91 Å². The van der Waals surface area contributed by atoms with Crippen LogP contribution in [0, 0.1) is 0 Å². The monoisotopic (exact) mass is 231 g/mol. The number of rotatable bonds is 8. The second-order valence-electron chi connectivity index (χ2n) is 4.23. The molecule has 0 aliphatic rings. The first-order valence-electron chi connectivity index (χ1n) is 5.71. The Bertz CT molecular complexity index is 198. The molecular formula is C11H25N3O2. The molecule has 0 aliphatic heterocycles. The van der Waals surface area contributed by atoms with E-state index in [-0.39, 0.29) is 18.0 Å². The molecule has 96 valence electrons. The zero-order valence-electron chi connectivity index (χ0n) is 10.8. The number of likely N-dealkylation sites (N-methyl/N-ethyl adjacent to an activating group) is 1. The highest BCUT2D eigenvalue weighted by atomic mass is 16.5. The van der Waals surface area contributed by atoms with E-state index in [0.29, 0.717) is 19.7 Å². The molecule has 0 bridgehead atoms. The lowest BCUT2D eigenvalue weighted by molar-refractivity contribution is -0.125. The summed E-state index contributed by atoms with van der Waals surface area (Å²) in [4.78, 5) is 13.6. The summed E-state index contributed by atoms with van der Waals surface area (Å²) in [5, 5.41) is 2.87. The van der Waals surface area contributed by atoms with Crippen molar-refractivity contribution in [2.75, 3.05) is 33.9 Å². The number of nitrogens with two attached hydrogens (primary N) is 1. The van der Waals surface area contributed by atoms with Crippen molar-refractivity contribution in [3.05, 3.63) is 0 Å². The van der Waals surface area contributed by atoms with Crippen molar-refractivity contribution in [2.24, 2.45) is 5.73 Å². The van der Waals surface area contributed by atoms with E-state index < -0.39 is 0 Å². The van der Waals surface area contributed by atoms with E-state index in [2.05, 4.69) is 5.32 Å². The minimum absolute atomic E-state index is 0.0410. The van der Waals surface area contributed by atoms with Crippen LogP contribution < -0.4 is 11.1 Å². The van der Waals surface area contributed by atoms with Gasteiger partial charge >= 0.3 is 0 Å². The van der Waals surface area contributed by atoms with Crippen LogP contribution >= 0.6 is 0 Å². The zero-order valence-corrected chi connectivity index (χ0v) is 10.8. The van der Waals surface area contributed by atoms with Gasteiger partial charge in [-0.1, -0.05) is 0 Å². The Balaban J connectivity index is 3.79. The van der Waals surface area contributed by atoms with E-state index in [0.717, 1.165) is 6.42 Å². The zero-order chi connectivity index (χ0) is 12.6. The van der Waals surface area contributed by atoms with Gasteiger partial charge in [0.2, 0.25) is 5.91 Å². The van der Waals surface area contributed by atoms with Gasteiger partial charge in [-0.2, -0.15) is 0 Å². The number of amides is 1. The fourth-order valence-electron chi connectivity index (χ4n) is 1.39. The fraction of sp³-hybridized carbons (Fsp3) is 0.909. The topological polar surface area (TPSA) is 67.6 Å². The largest absolute Gasteiger partial charge is 0.385 e. The molecule has 0 spiro atoms. The van der Waals surface area contributed by atoms with Crippen molar-refractivity contribution < 1.29 is 9.53 Å². The molecule has 0 rings (SSSR count). The first kappa shape index (κ1) is 15.3. The molecule has 3 N–H and O–H groups in total. The second-order valence-corrected chi connectivity index (χ2v) is 4.23. The molecule has 0 aromatic carbocycles. The lowest BCUT2D eigenvalue weighted by Gasteiger charge is -2.25. The molecular weight excluding hydrogens is 206 g/mol. The maximum Gasteiger partial charge on any atom is 0.237 e. The van der Waals surface area contributed by atoms with Gasteiger partial charge in [-0.25, -0.2) is 0 Å². The third-order valence-electron chi connectivity index (χ3n) is 2.44. The van der Waals surface area contributed by atoms with Crippen molar-refractivity contribution in [1.29, 1.82) is 0 Å². The number of ether oxygens (including phenoxy) is 1. The first-order valence-corrected chi connectivity index (χ1v) is 5.71. The quantitative estimate of drug-likeness (QED) is 0.568. The van der Waals surface area contributed by atoms with Gasteiger partial charge in [-0.15, -0.1) is 0 Å². The number of nitrogens with zero attached hydrogens (tertiary/aromatic N) is 1. The van der Waals surface area contributed by atoms with Gasteiger partial charge in [0.05, 0.1) is 6.04 Å². The van der Waals surface area contributed by atoms with Crippen molar-refractivity contribution in [3.8, 4) is 0 Å². The van der Waals surface area contributed by atoms with Crippen LogP contribution in [0.1, 0.15) is 20.3 Å². The molecule has 2 unspecified atom stereocenters. The minimum Gasteiger partial charge on any atom is -0.385 e. The van der Waals surface area contributed by atoms with Crippen LogP contribution in [0.2, 0.25) is 0 Å². The van der Waals surface area contributed by atoms with Gasteiger partial charge in [0.25, 0.3) is 0 Å². The molecule has 0 saturated heterocycles. The standard InChI is InChI=1S/C11H25N3O2/c1-9(12)8-14(3)10(2)11(15)13-6-5-7-16-4/h9-10H,5-8,12H2,1-4H3,(H,13,15). The molecule has 16 heavy (non-hydrogen) atoms. The van der Waals surface area contributed by atoms with Crippen molar-refractivity contribution in [2.45, 2.75) is 32.4 Å². The number of nitrogens with one attached hydrogen (secondary N) is 1. The molecule has 0 aromatic heterocycles. The van der Waals surface area contributed by atoms with E-state index in [1.807, 2.05) is 25.8 Å². The van der Waals surface area contributed by atoms with Crippen LogP contribution in [-0.4, -0.2) is 56.7 Å². The van der Waals surface area contributed by atoms with E-state index in [1.165, 1.54) is 0 Å².